The van der Waals surface area contributed by atoms with E-state index in [2.05, 4.69) is 5.32 Å². The summed E-state index contributed by atoms with van der Waals surface area (Å²) >= 11 is 0. The Kier molecular flexibility index (Phi) is 3.47. The van der Waals surface area contributed by atoms with Crippen molar-refractivity contribution in [3.8, 4) is 0 Å². The third kappa shape index (κ3) is 3.22. The van der Waals surface area contributed by atoms with Gasteiger partial charge in [-0.1, -0.05) is 0 Å². The normalized spacial score (nSPS) is 18.1. The van der Waals surface area contributed by atoms with Crippen molar-refractivity contribution >= 4 is 6.09 Å². The summed E-state index contributed by atoms with van der Waals surface area (Å²) in [5.41, 5.74) is 0.373. The van der Waals surface area contributed by atoms with E-state index in [-0.39, 0.29) is 0 Å². The summed E-state index contributed by atoms with van der Waals surface area (Å²) < 4.78 is 32.0. The minimum absolute atomic E-state index is 0.368. The molecule has 0 fully saturated rings. The summed E-state index contributed by atoms with van der Waals surface area (Å²) in [5.74, 6) is -1.21. The van der Waals surface area contributed by atoms with E-state index in [0.717, 1.165) is 6.07 Å². The minimum Gasteiger partial charge on any atom is -0.444 e. The van der Waals surface area contributed by atoms with Gasteiger partial charge in [0.25, 0.3) is 0 Å². The van der Waals surface area contributed by atoms with Crippen molar-refractivity contribution in [1.82, 2.24) is 5.32 Å². The quantitative estimate of drug-likeness (QED) is 0.847. The number of hydrogen-bond acceptors (Lipinski definition) is 2. The first-order valence-electron chi connectivity index (χ1n) is 6.23. The summed E-state index contributed by atoms with van der Waals surface area (Å²) in [6, 6.07) is 1.70. The van der Waals surface area contributed by atoms with Gasteiger partial charge in [0.1, 0.15) is 17.2 Å². The number of ether oxygens (including phenoxy) is 1. The molecule has 104 valence electrons. The summed E-state index contributed by atoms with van der Waals surface area (Å²) in [5, 5.41) is 2.63. The largest absolute Gasteiger partial charge is 0.444 e. The molecule has 1 unspecified atom stereocenters. The molecule has 1 aliphatic rings. The van der Waals surface area contributed by atoms with Gasteiger partial charge in [0, 0.05) is 11.6 Å². The van der Waals surface area contributed by atoms with Crippen LogP contribution in [0.4, 0.5) is 13.6 Å². The Balaban J connectivity index is 2.13. The van der Waals surface area contributed by atoms with E-state index in [0.29, 0.717) is 24.0 Å². The molecular weight excluding hydrogens is 252 g/mol. The Morgan fingerprint density at radius 1 is 1.37 bits per heavy atom. The van der Waals surface area contributed by atoms with Crippen molar-refractivity contribution in [3.63, 3.8) is 0 Å². The third-order valence-corrected chi connectivity index (χ3v) is 2.92. The number of aryl methyl sites for hydroxylation is 1. The number of hydrogen-bond donors (Lipinski definition) is 1. The Bertz CT molecular complexity index is 509. The van der Waals surface area contributed by atoms with Gasteiger partial charge in [-0.05, 0) is 45.2 Å². The fourth-order valence-corrected chi connectivity index (χ4v) is 2.27. The average Bonchev–Trinajstić information content (AvgIpc) is 2.57. The van der Waals surface area contributed by atoms with Crippen molar-refractivity contribution in [1.29, 1.82) is 0 Å². The molecule has 1 amide bonds. The summed E-state index contributed by atoms with van der Waals surface area (Å²) in [6.45, 7) is 5.27. The molecule has 0 heterocycles. The number of amides is 1. The van der Waals surface area contributed by atoms with E-state index in [1.165, 1.54) is 6.07 Å². The first-order valence-corrected chi connectivity index (χ1v) is 6.23. The fraction of sp³-hybridized carbons (Fsp3) is 0.500. The van der Waals surface area contributed by atoms with Gasteiger partial charge in [0.15, 0.2) is 0 Å². The van der Waals surface area contributed by atoms with E-state index in [1.807, 2.05) is 0 Å². The van der Waals surface area contributed by atoms with Crippen LogP contribution in [0.25, 0.3) is 0 Å². The Hall–Kier alpha value is -1.65. The van der Waals surface area contributed by atoms with Crippen LogP contribution in [-0.4, -0.2) is 11.7 Å². The minimum atomic E-state index is -0.617. The van der Waals surface area contributed by atoms with E-state index >= 15 is 0 Å². The second-order valence-electron chi connectivity index (χ2n) is 5.70. The smallest absolute Gasteiger partial charge is 0.408 e. The first-order chi connectivity index (χ1) is 8.76. The zero-order valence-electron chi connectivity index (χ0n) is 11.2. The first kappa shape index (κ1) is 13.8. The van der Waals surface area contributed by atoms with Crippen molar-refractivity contribution in [2.24, 2.45) is 0 Å². The molecular formula is C14H17F2NO2. The van der Waals surface area contributed by atoms with E-state index in [9.17, 15) is 13.6 Å². The molecule has 0 bridgehead atoms. The highest BCUT2D eigenvalue weighted by atomic mass is 19.1. The monoisotopic (exact) mass is 269 g/mol. The molecule has 0 aromatic heterocycles. The van der Waals surface area contributed by atoms with Crippen LogP contribution in [0.1, 0.15) is 44.4 Å². The molecule has 0 saturated carbocycles. The second kappa shape index (κ2) is 4.79. The molecule has 1 N–H and O–H groups in total. The number of rotatable bonds is 1. The summed E-state index contributed by atoms with van der Waals surface area (Å²) in [7, 11) is 0. The van der Waals surface area contributed by atoms with Crippen LogP contribution in [0.5, 0.6) is 0 Å². The number of carbonyl (C=O) groups is 1. The molecule has 19 heavy (non-hydrogen) atoms. The number of halogens is 2. The molecule has 0 radical (unpaired) electrons. The summed E-state index contributed by atoms with van der Waals surface area (Å²) in [4.78, 5) is 11.7. The lowest BCUT2D eigenvalue weighted by molar-refractivity contribution is 0.0503. The fourth-order valence-electron chi connectivity index (χ4n) is 2.27. The number of benzene rings is 1. The van der Waals surface area contributed by atoms with Gasteiger partial charge in [0.2, 0.25) is 0 Å². The lowest BCUT2D eigenvalue weighted by Crippen LogP contribution is -2.34. The highest BCUT2D eigenvalue weighted by Crippen LogP contribution is 2.34. The highest BCUT2D eigenvalue weighted by Gasteiger charge is 2.29. The number of nitrogens with one attached hydrogen (secondary N) is 1. The van der Waals surface area contributed by atoms with Crippen LogP contribution < -0.4 is 5.32 Å². The van der Waals surface area contributed by atoms with Crippen LogP contribution in [-0.2, 0) is 11.2 Å². The van der Waals surface area contributed by atoms with Gasteiger partial charge >= 0.3 is 6.09 Å². The van der Waals surface area contributed by atoms with Crippen molar-refractivity contribution < 1.29 is 18.3 Å². The number of alkyl carbamates (subject to hydrolysis) is 1. The number of carbonyl (C=O) groups excluding carboxylic acids is 1. The maximum atomic E-state index is 13.8. The van der Waals surface area contributed by atoms with Gasteiger partial charge in [-0.3, -0.25) is 0 Å². The van der Waals surface area contributed by atoms with Crippen molar-refractivity contribution in [2.45, 2.75) is 45.3 Å². The Morgan fingerprint density at radius 3 is 2.68 bits per heavy atom. The molecule has 0 saturated heterocycles. The van der Waals surface area contributed by atoms with Crippen LogP contribution in [0, 0.1) is 11.6 Å². The zero-order valence-corrected chi connectivity index (χ0v) is 11.2. The molecule has 1 atom stereocenters. The SMILES string of the molecule is CC(C)(C)OC(=O)NC1CCc2cc(F)cc(F)c21. The molecule has 3 nitrogen and oxygen atoms in total. The molecule has 1 aromatic rings. The topological polar surface area (TPSA) is 38.3 Å². The molecule has 1 aromatic carbocycles. The van der Waals surface area contributed by atoms with Crippen LogP contribution in [0.2, 0.25) is 0 Å². The average molecular weight is 269 g/mol. The molecule has 2 rings (SSSR count). The molecule has 5 heteroatoms. The van der Waals surface area contributed by atoms with Crippen molar-refractivity contribution in [2.75, 3.05) is 0 Å². The van der Waals surface area contributed by atoms with Crippen LogP contribution in [0.3, 0.4) is 0 Å². The zero-order chi connectivity index (χ0) is 14.2. The standard InChI is InChI=1S/C14H17F2NO2/c1-14(2,3)19-13(18)17-11-5-4-8-6-9(15)7-10(16)12(8)11/h6-7,11H,4-5H2,1-3H3,(H,17,18). The number of fused-ring (bicyclic) bond motifs is 1. The van der Waals surface area contributed by atoms with Gasteiger partial charge in [-0.25, -0.2) is 13.6 Å². The molecule has 1 aliphatic carbocycles. The maximum absolute atomic E-state index is 13.8. The predicted octanol–water partition coefficient (Wildman–Crippen LogP) is 3.48. The lowest BCUT2D eigenvalue weighted by atomic mass is 10.1. The van der Waals surface area contributed by atoms with E-state index in [1.54, 1.807) is 20.8 Å². The van der Waals surface area contributed by atoms with E-state index in [4.69, 9.17) is 4.74 Å². The Morgan fingerprint density at radius 2 is 2.05 bits per heavy atom. The predicted molar refractivity (Wildman–Crippen MR) is 66.8 cm³/mol. The van der Waals surface area contributed by atoms with Gasteiger partial charge in [-0.2, -0.15) is 0 Å². The van der Waals surface area contributed by atoms with Crippen LogP contribution in [0.15, 0.2) is 12.1 Å². The third-order valence-electron chi connectivity index (χ3n) is 2.92. The van der Waals surface area contributed by atoms with Gasteiger partial charge in [0.05, 0.1) is 6.04 Å². The van der Waals surface area contributed by atoms with Crippen molar-refractivity contribution in [3.05, 3.63) is 34.9 Å². The van der Waals surface area contributed by atoms with Crippen LogP contribution >= 0.6 is 0 Å². The molecule has 0 aliphatic heterocycles. The van der Waals surface area contributed by atoms with Gasteiger partial charge < -0.3 is 10.1 Å². The highest BCUT2D eigenvalue weighted by molar-refractivity contribution is 5.68. The lowest BCUT2D eigenvalue weighted by Gasteiger charge is -2.22. The summed E-state index contributed by atoms with van der Waals surface area (Å²) in [6.07, 6.45) is 0.508. The van der Waals surface area contributed by atoms with Gasteiger partial charge in [-0.15, -0.1) is 0 Å². The Labute approximate surface area is 111 Å². The maximum Gasteiger partial charge on any atom is 0.408 e. The molecule has 0 spiro atoms. The van der Waals surface area contributed by atoms with E-state index < -0.39 is 29.4 Å². The second-order valence-corrected chi connectivity index (χ2v) is 5.70.